The number of carboxylic acids is 3. The van der Waals surface area contributed by atoms with Crippen LogP contribution in [0.15, 0.2) is 12.2 Å². The lowest BCUT2D eigenvalue weighted by atomic mass is 9.95. The fraction of sp³-hybridized carbons (Fsp3) is 0.857. The smallest absolute Gasteiger partial charge is 0.312 e. The van der Waals surface area contributed by atoms with Crippen LogP contribution in [0.1, 0.15) is 150 Å². The van der Waals surface area contributed by atoms with E-state index in [4.69, 9.17) is 0 Å². The van der Waals surface area contributed by atoms with Gasteiger partial charge in [0.1, 0.15) is 17.8 Å². The van der Waals surface area contributed by atoms with Gasteiger partial charge in [-0.3, -0.25) is 14.4 Å². The van der Waals surface area contributed by atoms with Gasteiger partial charge in [0.25, 0.3) is 0 Å². The molecular formula is C35H66NO6+. The Morgan fingerprint density at radius 2 is 0.810 bits per heavy atom. The molecule has 0 rings (SSSR count). The van der Waals surface area contributed by atoms with Crippen molar-refractivity contribution in [1.82, 2.24) is 0 Å². The Morgan fingerprint density at radius 3 is 1.12 bits per heavy atom. The quantitative estimate of drug-likeness (QED) is 0.0433. The zero-order valence-corrected chi connectivity index (χ0v) is 27.7. The number of rotatable bonds is 30. The molecule has 0 bridgehead atoms. The van der Waals surface area contributed by atoms with Gasteiger partial charge in [-0.2, -0.15) is 0 Å². The van der Waals surface area contributed by atoms with E-state index in [1.807, 2.05) is 20.8 Å². The van der Waals surface area contributed by atoms with Crippen molar-refractivity contribution >= 4 is 17.9 Å². The van der Waals surface area contributed by atoms with Gasteiger partial charge in [-0.1, -0.05) is 104 Å². The molecule has 0 spiro atoms. The van der Waals surface area contributed by atoms with Crippen LogP contribution in [-0.2, 0) is 14.4 Å². The maximum absolute atomic E-state index is 12.0. The first-order valence-corrected chi connectivity index (χ1v) is 17.3. The Hall–Kier alpha value is -1.89. The Balaban J connectivity index is 4.75. The van der Waals surface area contributed by atoms with Crippen molar-refractivity contribution in [3.8, 4) is 0 Å². The van der Waals surface area contributed by atoms with Crippen molar-refractivity contribution in [3.05, 3.63) is 12.2 Å². The predicted molar refractivity (Wildman–Crippen MR) is 173 cm³/mol. The lowest BCUT2D eigenvalue weighted by Gasteiger charge is -2.43. The highest BCUT2D eigenvalue weighted by Crippen LogP contribution is 2.25. The van der Waals surface area contributed by atoms with Gasteiger partial charge in [0.2, 0.25) is 0 Å². The second-order valence-corrected chi connectivity index (χ2v) is 12.6. The van der Waals surface area contributed by atoms with Gasteiger partial charge in [0.15, 0.2) is 0 Å². The van der Waals surface area contributed by atoms with E-state index in [2.05, 4.69) is 19.1 Å². The summed E-state index contributed by atoms with van der Waals surface area (Å²) in [6.07, 6.45) is 25.7. The summed E-state index contributed by atoms with van der Waals surface area (Å²) >= 11 is 0. The number of quaternary nitrogens is 1. The first-order valence-electron chi connectivity index (χ1n) is 17.3. The molecule has 0 saturated carbocycles. The molecular weight excluding hydrogens is 530 g/mol. The van der Waals surface area contributed by atoms with Gasteiger partial charge in [0.05, 0.1) is 26.2 Å². The highest BCUT2D eigenvalue weighted by atomic mass is 16.4. The van der Waals surface area contributed by atoms with E-state index in [0.29, 0.717) is 25.8 Å². The predicted octanol–water partition coefficient (Wildman–Crippen LogP) is 8.95. The minimum Gasteiger partial charge on any atom is -0.481 e. The van der Waals surface area contributed by atoms with Crippen molar-refractivity contribution in [3.63, 3.8) is 0 Å². The molecule has 0 aliphatic rings. The molecule has 3 N–H and O–H groups in total. The summed E-state index contributed by atoms with van der Waals surface area (Å²) < 4.78 is 0.252. The molecule has 42 heavy (non-hydrogen) atoms. The fourth-order valence-corrected chi connectivity index (χ4v) is 6.09. The van der Waals surface area contributed by atoms with Crippen LogP contribution in [-0.4, -0.2) is 63.9 Å². The SMILES string of the molecule is CCCCCCCCCCC/C=C/CCCCCCC[N+](CC(CC)C(=O)O)(CC(CC)C(=O)O)CC(CC)C(=O)O. The molecule has 0 aromatic rings. The van der Waals surface area contributed by atoms with E-state index in [9.17, 15) is 29.7 Å². The Labute approximate surface area is 257 Å². The summed E-state index contributed by atoms with van der Waals surface area (Å²) in [5, 5.41) is 29.5. The molecule has 0 radical (unpaired) electrons. The van der Waals surface area contributed by atoms with E-state index < -0.39 is 35.7 Å². The molecule has 0 amide bonds. The summed E-state index contributed by atoms with van der Waals surface area (Å²) in [4.78, 5) is 35.9. The van der Waals surface area contributed by atoms with E-state index >= 15 is 0 Å². The number of aliphatic carboxylic acids is 3. The highest BCUT2D eigenvalue weighted by Gasteiger charge is 2.40. The third-order valence-electron chi connectivity index (χ3n) is 8.99. The van der Waals surface area contributed by atoms with Crippen LogP contribution in [0.2, 0.25) is 0 Å². The third kappa shape index (κ3) is 19.3. The summed E-state index contributed by atoms with van der Waals surface area (Å²) in [7, 11) is 0. The first-order chi connectivity index (χ1) is 20.2. The second-order valence-electron chi connectivity index (χ2n) is 12.6. The van der Waals surface area contributed by atoms with Crippen molar-refractivity contribution in [2.45, 2.75) is 150 Å². The maximum atomic E-state index is 12.0. The van der Waals surface area contributed by atoms with Crippen molar-refractivity contribution in [2.75, 3.05) is 26.2 Å². The van der Waals surface area contributed by atoms with Crippen LogP contribution in [0.5, 0.6) is 0 Å². The molecule has 0 heterocycles. The largest absolute Gasteiger partial charge is 0.481 e. The molecule has 0 saturated heterocycles. The normalized spacial score (nSPS) is 15.3. The van der Waals surface area contributed by atoms with Crippen LogP contribution in [0.25, 0.3) is 0 Å². The van der Waals surface area contributed by atoms with E-state index in [0.717, 1.165) is 38.5 Å². The zero-order valence-electron chi connectivity index (χ0n) is 27.7. The van der Waals surface area contributed by atoms with Crippen LogP contribution in [0, 0.1) is 17.8 Å². The number of hydrogen-bond acceptors (Lipinski definition) is 3. The molecule has 7 heteroatoms. The molecule has 246 valence electrons. The van der Waals surface area contributed by atoms with Crippen LogP contribution in [0.3, 0.4) is 0 Å². The Kier molecular flexibility index (Phi) is 24.4. The minimum atomic E-state index is -0.891. The van der Waals surface area contributed by atoms with E-state index in [-0.39, 0.29) is 24.1 Å². The van der Waals surface area contributed by atoms with E-state index in [1.165, 1.54) is 64.2 Å². The average molecular weight is 597 g/mol. The highest BCUT2D eigenvalue weighted by molar-refractivity contribution is 5.71. The van der Waals surface area contributed by atoms with E-state index in [1.54, 1.807) is 0 Å². The monoisotopic (exact) mass is 596 g/mol. The van der Waals surface area contributed by atoms with Crippen LogP contribution >= 0.6 is 0 Å². The Morgan fingerprint density at radius 1 is 0.500 bits per heavy atom. The molecule has 0 aliphatic heterocycles. The molecule has 0 aromatic heterocycles. The van der Waals surface area contributed by atoms with Crippen LogP contribution < -0.4 is 0 Å². The standard InChI is InChI=1S/C35H65NO6/c1-5-9-10-11-12-13-14-15-16-17-18-19-20-21-22-23-24-25-26-36(27-30(6-2)33(37)38,28-31(7-3)34(39)40)29-32(8-4)35(41)42/h18-19,30-32H,5-17,20-29H2,1-4H3,(H2-,37,38,39,40,41,42)/p+1/b19-18+. The number of carbonyl (C=O) groups is 3. The average Bonchev–Trinajstić information content (AvgIpc) is 2.96. The van der Waals surface area contributed by atoms with Gasteiger partial charge in [-0.05, 0) is 57.8 Å². The molecule has 0 aliphatic carbocycles. The van der Waals surface area contributed by atoms with Gasteiger partial charge < -0.3 is 19.8 Å². The molecule has 0 aromatic carbocycles. The van der Waals surface area contributed by atoms with Crippen molar-refractivity contribution < 1.29 is 34.2 Å². The summed E-state index contributed by atoms with van der Waals surface area (Å²) in [6.45, 7) is 9.23. The number of unbranched alkanes of at least 4 members (excludes halogenated alkanes) is 14. The number of allylic oxidation sites excluding steroid dienone is 2. The van der Waals surface area contributed by atoms with Gasteiger partial charge in [-0.25, -0.2) is 0 Å². The number of nitrogens with zero attached hydrogens (tertiary/aromatic N) is 1. The molecule has 3 unspecified atom stereocenters. The molecule has 0 fully saturated rings. The second kappa shape index (κ2) is 25.6. The Bertz CT molecular complexity index is 677. The summed E-state index contributed by atoms with van der Waals surface area (Å²) in [5.74, 6) is -4.53. The third-order valence-corrected chi connectivity index (χ3v) is 8.99. The minimum absolute atomic E-state index is 0.252. The van der Waals surface area contributed by atoms with Gasteiger partial charge in [0, 0.05) is 0 Å². The van der Waals surface area contributed by atoms with Gasteiger partial charge in [-0.15, -0.1) is 0 Å². The van der Waals surface area contributed by atoms with Crippen LogP contribution in [0.4, 0.5) is 0 Å². The first kappa shape index (κ1) is 40.1. The molecule has 3 atom stereocenters. The maximum Gasteiger partial charge on any atom is 0.312 e. The fourth-order valence-electron chi connectivity index (χ4n) is 6.09. The lowest BCUT2D eigenvalue weighted by Crippen LogP contribution is -2.58. The number of hydrogen-bond donors (Lipinski definition) is 3. The van der Waals surface area contributed by atoms with Crippen molar-refractivity contribution in [2.24, 2.45) is 17.8 Å². The molecule has 7 nitrogen and oxygen atoms in total. The van der Waals surface area contributed by atoms with Gasteiger partial charge >= 0.3 is 17.9 Å². The lowest BCUT2D eigenvalue weighted by molar-refractivity contribution is -0.935. The summed E-state index contributed by atoms with van der Waals surface area (Å²) in [5.41, 5.74) is 0. The zero-order chi connectivity index (χ0) is 31.6. The number of carboxylic acid groups (broad SMARTS) is 3. The topological polar surface area (TPSA) is 112 Å². The summed E-state index contributed by atoms with van der Waals surface area (Å²) in [6, 6.07) is 0. The van der Waals surface area contributed by atoms with Crippen molar-refractivity contribution in [1.29, 1.82) is 0 Å².